The smallest absolute Gasteiger partial charge is 0.243 e. The lowest BCUT2D eigenvalue weighted by Gasteiger charge is -2.10. The third-order valence-electron chi connectivity index (χ3n) is 2.56. The van der Waals surface area contributed by atoms with Crippen molar-refractivity contribution < 1.29 is 4.79 Å². The normalized spacial score (nSPS) is 10.1. The highest BCUT2D eigenvalue weighted by Crippen LogP contribution is 2.12. The van der Waals surface area contributed by atoms with Crippen molar-refractivity contribution in [3.63, 3.8) is 0 Å². The van der Waals surface area contributed by atoms with Crippen LogP contribution in [0.4, 0.5) is 0 Å². The molecule has 2 heterocycles. The Bertz CT molecular complexity index is 574. The molecule has 5 nitrogen and oxygen atoms in total. The summed E-state index contributed by atoms with van der Waals surface area (Å²) in [5.41, 5.74) is 0.925. The molecule has 0 unspecified atom stereocenters. The average molecular weight is 242 g/mol. The second kappa shape index (κ2) is 5.27. The molecule has 92 valence electrons. The summed E-state index contributed by atoms with van der Waals surface area (Å²) in [6.45, 7) is 5.73. The highest BCUT2D eigenvalue weighted by Gasteiger charge is 2.08. The Balaban J connectivity index is 2.29. The van der Waals surface area contributed by atoms with Crippen molar-refractivity contribution in [1.29, 1.82) is 0 Å². The summed E-state index contributed by atoms with van der Waals surface area (Å²) >= 11 is 0. The van der Waals surface area contributed by atoms with Gasteiger partial charge in [-0.15, -0.1) is 0 Å². The van der Waals surface area contributed by atoms with Crippen LogP contribution in [0.2, 0.25) is 0 Å². The van der Waals surface area contributed by atoms with Crippen LogP contribution < -0.4 is 5.32 Å². The van der Waals surface area contributed by atoms with Gasteiger partial charge in [-0.2, -0.15) is 0 Å². The van der Waals surface area contributed by atoms with Crippen molar-refractivity contribution in [2.75, 3.05) is 0 Å². The first kappa shape index (κ1) is 12.0. The fourth-order valence-electron chi connectivity index (χ4n) is 1.64. The molecular weight excluding hydrogens is 228 g/mol. The average Bonchev–Trinajstić information content (AvgIpc) is 2.82. The van der Waals surface area contributed by atoms with Crippen LogP contribution in [0.5, 0.6) is 0 Å². The zero-order valence-corrected chi connectivity index (χ0v) is 10.1. The van der Waals surface area contributed by atoms with E-state index >= 15 is 0 Å². The van der Waals surface area contributed by atoms with Crippen LogP contribution in [0, 0.1) is 6.92 Å². The molecule has 2 rings (SSSR count). The Morgan fingerprint density at radius 2 is 2.33 bits per heavy atom. The zero-order chi connectivity index (χ0) is 13.0. The molecule has 0 saturated heterocycles. The number of carbonyl (C=O) groups excluding carboxylic acids is 1. The molecule has 0 radical (unpaired) electrons. The molecule has 0 aliphatic heterocycles. The molecule has 1 N–H and O–H groups in total. The molecule has 0 saturated carbocycles. The molecule has 0 fully saturated rings. The predicted octanol–water partition coefficient (Wildman–Crippen LogP) is 1.38. The first-order valence-electron chi connectivity index (χ1n) is 5.57. The van der Waals surface area contributed by atoms with Gasteiger partial charge in [0, 0.05) is 30.7 Å². The van der Waals surface area contributed by atoms with E-state index in [1.165, 1.54) is 6.08 Å². The summed E-state index contributed by atoms with van der Waals surface area (Å²) in [6, 6.07) is 3.76. The summed E-state index contributed by atoms with van der Waals surface area (Å²) in [4.78, 5) is 19.7. The van der Waals surface area contributed by atoms with E-state index in [2.05, 4.69) is 21.9 Å². The molecule has 5 heteroatoms. The zero-order valence-electron chi connectivity index (χ0n) is 10.1. The number of nitrogens with one attached hydrogen (secondary N) is 1. The number of hydrogen-bond acceptors (Lipinski definition) is 3. The van der Waals surface area contributed by atoms with Crippen molar-refractivity contribution >= 4 is 5.91 Å². The molecular formula is C13H14N4O. The van der Waals surface area contributed by atoms with Crippen LogP contribution in [0.25, 0.3) is 5.82 Å². The molecule has 1 amide bonds. The lowest BCUT2D eigenvalue weighted by atomic mass is 10.2. The van der Waals surface area contributed by atoms with Gasteiger partial charge in [0.05, 0.1) is 0 Å². The van der Waals surface area contributed by atoms with Crippen molar-refractivity contribution in [1.82, 2.24) is 19.9 Å². The summed E-state index contributed by atoms with van der Waals surface area (Å²) in [5, 5.41) is 2.74. The van der Waals surface area contributed by atoms with Crippen molar-refractivity contribution in [3.8, 4) is 5.82 Å². The Hall–Kier alpha value is -2.43. The SMILES string of the molecule is C=CC(=O)NCc1cccnc1-n1ccnc1C. The van der Waals surface area contributed by atoms with Gasteiger partial charge >= 0.3 is 0 Å². The topological polar surface area (TPSA) is 59.8 Å². The minimum Gasteiger partial charge on any atom is -0.348 e. The molecule has 2 aromatic heterocycles. The van der Waals surface area contributed by atoms with E-state index in [9.17, 15) is 4.79 Å². The molecule has 0 aromatic carbocycles. The lowest BCUT2D eigenvalue weighted by molar-refractivity contribution is -0.116. The van der Waals surface area contributed by atoms with E-state index in [0.717, 1.165) is 17.2 Å². The van der Waals surface area contributed by atoms with Gasteiger partial charge in [0.1, 0.15) is 11.6 Å². The molecule has 0 aliphatic rings. The summed E-state index contributed by atoms with van der Waals surface area (Å²) < 4.78 is 1.88. The van der Waals surface area contributed by atoms with E-state index in [-0.39, 0.29) is 5.91 Å². The fraction of sp³-hybridized carbons (Fsp3) is 0.154. The second-order valence-corrected chi connectivity index (χ2v) is 3.75. The third kappa shape index (κ3) is 2.45. The first-order valence-corrected chi connectivity index (χ1v) is 5.57. The Labute approximate surface area is 105 Å². The van der Waals surface area contributed by atoms with Gasteiger partial charge in [-0.3, -0.25) is 9.36 Å². The summed E-state index contributed by atoms with van der Waals surface area (Å²) in [5.74, 6) is 1.43. The van der Waals surface area contributed by atoms with Crippen LogP contribution in [-0.4, -0.2) is 20.4 Å². The largest absolute Gasteiger partial charge is 0.348 e. The van der Waals surface area contributed by atoms with E-state index in [0.29, 0.717) is 6.54 Å². The van der Waals surface area contributed by atoms with Crippen LogP contribution in [0.15, 0.2) is 43.4 Å². The van der Waals surface area contributed by atoms with E-state index in [4.69, 9.17) is 0 Å². The van der Waals surface area contributed by atoms with Gasteiger partial charge in [0.15, 0.2) is 0 Å². The van der Waals surface area contributed by atoms with E-state index < -0.39 is 0 Å². The maximum Gasteiger partial charge on any atom is 0.243 e. The van der Waals surface area contributed by atoms with E-state index in [1.54, 1.807) is 12.4 Å². The minimum absolute atomic E-state index is 0.202. The van der Waals surface area contributed by atoms with Gasteiger partial charge in [0.25, 0.3) is 0 Å². The minimum atomic E-state index is -0.202. The number of carbonyl (C=O) groups is 1. The molecule has 2 aromatic rings. The fourth-order valence-corrected chi connectivity index (χ4v) is 1.64. The molecule has 0 spiro atoms. The number of amides is 1. The van der Waals surface area contributed by atoms with E-state index in [1.807, 2.05) is 29.8 Å². The Kier molecular flexibility index (Phi) is 3.52. The quantitative estimate of drug-likeness (QED) is 0.824. The number of pyridine rings is 1. The Morgan fingerprint density at radius 3 is 3.00 bits per heavy atom. The summed E-state index contributed by atoms with van der Waals surface area (Å²) in [6.07, 6.45) is 6.53. The van der Waals surface area contributed by atoms with Gasteiger partial charge < -0.3 is 5.32 Å². The lowest BCUT2D eigenvalue weighted by Crippen LogP contribution is -2.21. The number of rotatable bonds is 4. The second-order valence-electron chi connectivity index (χ2n) is 3.75. The molecule has 18 heavy (non-hydrogen) atoms. The number of nitrogens with zero attached hydrogens (tertiary/aromatic N) is 3. The highest BCUT2D eigenvalue weighted by molar-refractivity contribution is 5.86. The molecule has 0 aliphatic carbocycles. The number of hydrogen-bond donors (Lipinski definition) is 1. The van der Waals surface area contributed by atoms with Gasteiger partial charge in [-0.05, 0) is 19.1 Å². The number of imidazole rings is 1. The molecule has 0 bridgehead atoms. The third-order valence-corrected chi connectivity index (χ3v) is 2.56. The van der Waals surface area contributed by atoms with Gasteiger partial charge in [-0.1, -0.05) is 12.6 Å². The van der Waals surface area contributed by atoms with Crippen molar-refractivity contribution in [2.45, 2.75) is 13.5 Å². The van der Waals surface area contributed by atoms with Crippen molar-refractivity contribution in [2.24, 2.45) is 0 Å². The monoisotopic (exact) mass is 242 g/mol. The van der Waals surface area contributed by atoms with Crippen LogP contribution >= 0.6 is 0 Å². The number of aryl methyl sites for hydroxylation is 1. The van der Waals surface area contributed by atoms with Crippen LogP contribution in [-0.2, 0) is 11.3 Å². The van der Waals surface area contributed by atoms with Gasteiger partial charge in [0.2, 0.25) is 5.91 Å². The highest BCUT2D eigenvalue weighted by atomic mass is 16.1. The molecule has 0 atom stereocenters. The predicted molar refractivity (Wildman–Crippen MR) is 68.1 cm³/mol. The maximum absolute atomic E-state index is 11.2. The first-order chi connectivity index (χ1) is 8.72. The van der Waals surface area contributed by atoms with Crippen molar-refractivity contribution in [3.05, 3.63) is 54.8 Å². The Morgan fingerprint density at radius 1 is 1.50 bits per heavy atom. The van der Waals surface area contributed by atoms with Crippen LogP contribution in [0.3, 0.4) is 0 Å². The standard InChI is InChI=1S/C13H14N4O/c1-3-12(18)16-9-11-5-4-6-15-13(11)17-8-7-14-10(17)2/h3-8H,1,9H2,2H3,(H,16,18). The maximum atomic E-state index is 11.2. The number of aromatic nitrogens is 3. The summed E-state index contributed by atoms with van der Waals surface area (Å²) in [7, 11) is 0. The van der Waals surface area contributed by atoms with Gasteiger partial charge in [-0.25, -0.2) is 9.97 Å². The van der Waals surface area contributed by atoms with Crippen LogP contribution in [0.1, 0.15) is 11.4 Å².